The molecule has 0 atom stereocenters. The molecule has 144 valence electrons. The maximum absolute atomic E-state index is 13.0. The number of rotatable bonds is 4. The number of amides is 1. The Bertz CT molecular complexity index is 945. The second-order valence-corrected chi connectivity index (χ2v) is 8.71. The van der Waals surface area contributed by atoms with Crippen molar-refractivity contribution in [2.75, 3.05) is 23.1 Å². The lowest BCUT2D eigenvalue weighted by Crippen LogP contribution is -2.35. The lowest BCUT2D eigenvalue weighted by Gasteiger charge is -2.30. The molecule has 3 rings (SSSR count). The van der Waals surface area contributed by atoms with Gasteiger partial charge in [0.15, 0.2) is 0 Å². The first-order chi connectivity index (χ1) is 12.7. The van der Waals surface area contributed by atoms with Crippen LogP contribution in [0.2, 0.25) is 0 Å². The van der Waals surface area contributed by atoms with Crippen molar-refractivity contribution >= 4 is 33.4 Å². The van der Waals surface area contributed by atoms with Gasteiger partial charge in [0.25, 0.3) is 15.9 Å². The predicted octanol–water partition coefficient (Wildman–Crippen LogP) is 3.28. The van der Waals surface area contributed by atoms with Crippen LogP contribution in [-0.4, -0.2) is 39.3 Å². The number of benzene rings is 2. The fraction of sp³-hybridized carbons (Fsp3) is 0.235. The third-order valence-corrected chi connectivity index (χ3v) is 6.71. The van der Waals surface area contributed by atoms with E-state index in [-0.39, 0.29) is 10.5 Å². The molecule has 0 spiro atoms. The average Bonchev–Trinajstić information content (AvgIpc) is 2.65. The first kappa shape index (κ1) is 19.6. The fourth-order valence-electron chi connectivity index (χ4n) is 2.58. The molecule has 0 saturated carbocycles. The number of sulfonamides is 1. The van der Waals surface area contributed by atoms with Crippen LogP contribution in [0.4, 0.5) is 18.9 Å². The van der Waals surface area contributed by atoms with E-state index >= 15 is 0 Å². The number of para-hydroxylation sites is 1. The second kappa shape index (κ2) is 7.43. The van der Waals surface area contributed by atoms with Crippen LogP contribution in [-0.2, 0) is 10.0 Å². The van der Waals surface area contributed by atoms with Crippen LogP contribution in [0.25, 0.3) is 0 Å². The number of fused-ring (bicyclic) bond motifs is 1. The third-order valence-electron chi connectivity index (χ3n) is 3.84. The number of alkyl halides is 3. The van der Waals surface area contributed by atoms with Crippen molar-refractivity contribution in [1.29, 1.82) is 0 Å². The summed E-state index contributed by atoms with van der Waals surface area (Å²) in [5.41, 5.74) is 0.536. The Morgan fingerprint density at radius 3 is 2.44 bits per heavy atom. The summed E-state index contributed by atoms with van der Waals surface area (Å²) in [6.07, 6.45) is -4.52. The lowest BCUT2D eigenvalue weighted by molar-refractivity contribution is -0.123. The Morgan fingerprint density at radius 1 is 1.11 bits per heavy atom. The van der Waals surface area contributed by atoms with Gasteiger partial charge in [-0.25, -0.2) is 8.42 Å². The smallest absolute Gasteiger partial charge is 0.343 e. The molecule has 1 amide bonds. The van der Waals surface area contributed by atoms with Crippen molar-refractivity contribution in [1.82, 2.24) is 5.32 Å². The third kappa shape index (κ3) is 4.38. The molecule has 1 aliphatic heterocycles. The molecule has 2 aromatic carbocycles. The van der Waals surface area contributed by atoms with E-state index < -0.39 is 28.7 Å². The Morgan fingerprint density at radius 2 is 1.78 bits per heavy atom. The van der Waals surface area contributed by atoms with Crippen LogP contribution in [0.3, 0.4) is 0 Å². The number of hydrogen-bond acceptors (Lipinski definition) is 4. The van der Waals surface area contributed by atoms with Crippen molar-refractivity contribution in [2.24, 2.45) is 0 Å². The summed E-state index contributed by atoms with van der Waals surface area (Å²) in [4.78, 5) is 12.6. The fourth-order valence-corrected chi connectivity index (χ4v) is 5.23. The predicted molar refractivity (Wildman–Crippen MR) is 96.5 cm³/mol. The molecule has 0 aromatic heterocycles. The molecule has 1 aliphatic rings. The summed E-state index contributed by atoms with van der Waals surface area (Å²) in [6.45, 7) is -1.15. The Kier molecular flexibility index (Phi) is 5.38. The van der Waals surface area contributed by atoms with Gasteiger partial charge in [0.1, 0.15) is 6.54 Å². The molecule has 0 unspecified atom stereocenters. The van der Waals surface area contributed by atoms with E-state index in [0.29, 0.717) is 18.0 Å². The number of hydrogen-bond donors (Lipinski definition) is 1. The highest BCUT2D eigenvalue weighted by molar-refractivity contribution is 8.00. The summed E-state index contributed by atoms with van der Waals surface area (Å²) in [5, 5.41) is 1.75. The van der Waals surface area contributed by atoms with E-state index in [0.717, 1.165) is 4.90 Å². The molecule has 0 fully saturated rings. The summed E-state index contributed by atoms with van der Waals surface area (Å²) in [6, 6.07) is 12.0. The number of nitrogens with zero attached hydrogens (tertiary/aromatic N) is 1. The molecule has 0 radical (unpaired) electrons. The van der Waals surface area contributed by atoms with Gasteiger partial charge in [-0.2, -0.15) is 13.2 Å². The quantitative estimate of drug-likeness (QED) is 0.831. The maximum Gasteiger partial charge on any atom is 0.405 e. The number of carbonyl (C=O) groups excluding carboxylic acids is 1. The normalized spacial score (nSPS) is 14.6. The minimum atomic E-state index is -4.52. The largest absolute Gasteiger partial charge is 0.405 e. The minimum Gasteiger partial charge on any atom is -0.343 e. The van der Waals surface area contributed by atoms with Gasteiger partial charge in [0.05, 0.1) is 10.6 Å². The molecule has 1 N–H and O–H groups in total. The molecule has 0 saturated heterocycles. The molecular weight excluding hydrogens is 401 g/mol. The summed E-state index contributed by atoms with van der Waals surface area (Å²) < 4.78 is 63.7. The SMILES string of the molecule is O=C(NCC(F)(F)F)c1ccc(S(=O)(=O)N2CCSc3ccccc32)cc1. The highest BCUT2D eigenvalue weighted by Gasteiger charge is 2.30. The number of halogens is 3. The Labute approximate surface area is 158 Å². The van der Waals surface area contributed by atoms with Crippen molar-refractivity contribution < 1.29 is 26.4 Å². The van der Waals surface area contributed by atoms with Crippen LogP contribution < -0.4 is 9.62 Å². The number of anilines is 1. The Balaban J connectivity index is 1.82. The number of nitrogens with one attached hydrogen (secondary N) is 1. The second-order valence-electron chi connectivity index (χ2n) is 5.72. The zero-order chi connectivity index (χ0) is 19.7. The first-order valence-electron chi connectivity index (χ1n) is 7.88. The molecular formula is C17H15F3N2O3S2. The standard InChI is InChI=1S/C17H15F3N2O3S2/c18-17(19,20)11-21-16(23)12-5-7-13(8-6-12)27(24,25)22-9-10-26-15-4-2-1-3-14(15)22/h1-8H,9-11H2,(H,21,23). The van der Waals surface area contributed by atoms with E-state index in [1.54, 1.807) is 29.2 Å². The number of thioether (sulfide) groups is 1. The van der Waals surface area contributed by atoms with Gasteiger partial charge in [0.2, 0.25) is 0 Å². The zero-order valence-corrected chi connectivity index (χ0v) is 15.5. The van der Waals surface area contributed by atoms with Crippen LogP contribution in [0.1, 0.15) is 10.4 Å². The van der Waals surface area contributed by atoms with Gasteiger partial charge in [0, 0.05) is 22.8 Å². The van der Waals surface area contributed by atoms with E-state index in [1.165, 1.54) is 28.6 Å². The molecule has 5 nitrogen and oxygen atoms in total. The van der Waals surface area contributed by atoms with Gasteiger partial charge >= 0.3 is 6.18 Å². The summed E-state index contributed by atoms with van der Waals surface area (Å²) >= 11 is 1.57. The van der Waals surface area contributed by atoms with Crippen molar-refractivity contribution in [3.8, 4) is 0 Å². The average molecular weight is 416 g/mol. The van der Waals surface area contributed by atoms with Gasteiger partial charge in [-0.15, -0.1) is 11.8 Å². The van der Waals surface area contributed by atoms with Gasteiger partial charge in [-0.05, 0) is 36.4 Å². The Hall–Kier alpha value is -2.20. The van der Waals surface area contributed by atoms with E-state index in [1.807, 2.05) is 12.1 Å². The van der Waals surface area contributed by atoms with E-state index in [9.17, 15) is 26.4 Å². The zero-order valence-electron chi connectivity index (χ0n) is 13.9. The number of carbonyl (C=O) groups is 1. The van der Waals surface area contributed by atoms with Crippen molar-refractivity contribution in [2.45, 2.75) is 16.0 Å². The van der Waals surface area contributed by atoms with Gasteiger partial charge in [-0.1, -0.05) is 12.1 Å². The van der Waals surface area contributed by atoms with E-state index in [2.05, 4.69) is 0 Å². The molecule has 1 heterocycles. The van der Waals surface area contributed by atoms with Crippen molar-refractivity contribution in [3.63, 3.8) is 0 Å². The van der Waals surface area contributed by atoms with Crippen LogP contribution in [0.15, 0.2) is 58.3 Å². The summed E-state index contributed by atoms with van der Waals surface area (Å²) in [5.74, 6) is -0.315. The van der Waals surface area contributed by atoms with E-state index in [4.69, 9.17) is 0 Å². The highest BCUT2D eigenvalue weighted by Crippen LogP contribution is 2.37. The van der Waals surface area contributed by atoms with Gasteiger partial charge in [-0.3, -0.25) is 9.10 Å². The molecule has 10 heteroatoms. The molecule has 27 heavy (non-hydrogen) atoms. The first-order valence-corrected chi connectivity index (χ1v) is 10.3. The molecule has 2 aromatic rings. The van der Waals surface area contributed by atoms with Gasteiger partial charge < -0.3 is 5.32 Å². The summed E-state index contributed by atoms with van der Waals surface area (Å²) in [7, 11) is -3.85. The van der Waals surface area contributed by atoms with Crippen LogP contribution >= 0.6 is 11.8 Å². The topological polar surface area (TPSA) is 66.5 Å². The molecule has 0 aliphatic carbocycles. The highest BCUT2D eigenvalue weighted by atomic mass is 32.2. The van der Waals surface area contributed by atoms with Crippen LogP contribution in [0.5, 0.6) is 0 Å². The minimum absolute atomic E-state index is 0.0309. The molecule has 0 bridgehead atoms. The lowest BCUT2D eigenvalue weighted by atomic mass is 10.2. The maximum atomic E-state index is 13.0. The van der Waals surface area contributed by atoms with Crippen LogP contribution in [0, 0.1) is 0 Å². The van der Waals surface area contributed by atoms with Crippen molar-refractivity contribution in [3.05, 3.63) is 54.1 Å². The monoisotopic (exact) mass is 416 g/mol.